The zero-order valence-electron chi connectivity index (χ0n) is 8.70. The molecule has 0 aromatic carbocycles. The molecule has 5 heteroatoms. The molecule has 4 nitrogen and oxygen atoms in total. The molecule has 1 heterocycles. The van der Waals surface area contributed by atoms with Crippen molar-refractivity contribution in [3.8, 4) is 0 Å². The first-order valence-electron chi connectivity index (χ1n) is 4.67. The predicted molar refractivity (Wildman–Crippen MR) is 59.8 cm³/mol. The lowest BCUT2D eigenvalue weighted by Gasteiger charge is -2.19. The molecule has 0 radical (unpaired) electrons. The SMILES string of the molecule is CCCN(C)c1nc(Cl)ccc1C(=O)O. The van der Waals surface area contributed by atoms with Gasteiger partial charge in [-0.2, -0.15) is 0 Å². The molecule has 1 rings (SSSR count). The van der Waals surface area contributed by atoms with Crippen LogP contribution in [0.25, 0.3) is 0 Å². The third kappa shape index (κ3) is 2.83. The van der Waals surface area contributed by atoms with E-state index in [-0.39, 0.29) is 5.56 Å². The number of carbonyl (C=O) groups is 1. The Morgan fingerprint density at radius 2 is 2.27 bits per heavy atom. The summed E-state index contributed by atoms with van der Waals surface area (Å²) in [5, 5.41) is 9.27. The highest BCUT2D eigenvalue weighted by Gasteiger charge is 2.14. The molecule has 0 fully saturated rings. The number of pyridine rings is 1. The van der Waals surface area contributed by atoms with Crippen LogP contribution >= 0.6 is 11.6 Å². The van der Waals surface area contributed by atoms with Crippen LogP contribution < -0.4 is 4.90 Å². The fourth-order valence-electron chi connectivity index (χ4n) is 1.32. The van der Waals surface area contributed by atoms with Gasteiger partial charge in [0.1, 0.15) is 16.5 Å². The Bertz CT molecular complexity index is 368. The van der Waals surface area contributed by atoms with Gasteiger partial charge in [0.15, 0.2) is 0 Å². The highest BCUT2D eigenvalue weighted by atomic mass is 35.5. The topological polar surface area (TPSA) is 53.4 Å². The summed E-state index contributed by atoms with van der Waals surface area (Å²) in [4.78, 5) is 16.7. The number of carboxylic acid groups (broad SMARTS) is 1. The molecule has 0 aliphatic heterocycles. The number of rotatable bonds is 4. The molecule has 0 atom stereocenters. The molecule has 0 spiro atoms. The Morgan fingerprint density at radius 1 is 1.60 bits per heavy atom. The van der Waals surface area contributed by atoms with E-state index in [1.807, 2.05) is 6.92 Å². The van der Waals surface area contributed by atoms with Gasteiger partial charge in [0.25, 0.3) is 0 Å². The second-order valence-corrected chi connectivity index (χ2v) is 3.62. The fraction of sp³-hybridized carbons (Fsp3) is 0.400. The number of carboxylic acids is 1. The average molecular weight is 229 g/mol. The first kappa shape index (κ1) is 11.8. The Balaban J connectivity index is 3.12. The summed E-state index contributed by atoms with van der Waals surface area (Å²) in [5.41, 5.74) is 0.176. The van der Waals surface area contributed by atoms with Gasteiger partial charge in [-0.05, 0) is 18.6 Å². The van der Waals surface area contributed by atoms with E-state index in [9.17, 15) is 4.79 Å². The lowest BCUT2D eigenvalue weighted by molar-refractivity contribution is 0.0697. The van der Waals surface area contributed by atoms with E-state index in [4.69, 9.17) is 16.7 Å². The van der Waals surface area contributed by atoms with E-state index < -0.39 is 5.97 Å². The molecule has 82 valence electrons. The number of hydrogen-bond acceptors (Lipinski definition) is 3. The number of aromatic carboxylic acids is 1. The first-order chi connectivity index (χ1) is 7.06. The van der Waals surface area contributed by atoms with Gasteiger partial charge in [0.2, 0.25) is 0 Å². The Morgan fingerprint density at radius 3 is 2.80 bits per heavy atom. The van der Waals surface area contributed by atoms with Crippen molar-refractivity contribution >= 4 is 23.4 Å². The molecule has 0 amide bonds. The Hall–Kier alpha value is -1.29. The standard InChI is InChI=1S/C10H13ClN2O2/c1-3-6-13(2)9-7(10(14)15)4-5-8(11)12-9/h4-5H,3,6H2,1-2H3,(H,14,15). The van der Waals surface area contributed by atoms with Crippen molar-refractivity contribution in [2.24, 2.45) is 0 Å². The number of nitrogens with zero attached hydrogens (tertiary/aromatic N) is 2. The van der Waals surface area contributed by atoms with Gasteiger partial charge in [-0.25, -0.2) is 9.78 Å². The zero-order valence-corrected chi connectivity index (χ0v) is 9.45. The van der Waals surface area contributed by atoms with Gasteiger partial charge in [-0.3, -0.25) is 0 Å². The van der Waals surface area contributed by atoms with Crippen LogP contribution in [0.5, 0.6) is 0 Å². The molecule has 0 saturated heterocycles. The highest BCUT2D eigenvalue weighted by Crippen LogP contribution is 2.19. The number of aromatic nitrogens is 1. The van der Waals surface area contributed by atoms with E-state index in [1.54, 1.807) is 11.9 Å². The molecule has 0 aliphatic carbocycles. The molecular formula is C10H13ClN2O2. The highest BCUT2D eigenvalue weighted by molar-refractivity contribution is 6.29. The van der Waals surface area contributed by atoms with Gasteiger partial charge in [-0.1, -0.05) is 18.5 Å². The van der Waals surface area contributed by atoms with Gasteiger partial charge in [0, 0.05) is 13.6 Å². The quantitative estimate of drug-likeness (QED) is 0.804. The van der Waals surface area contributed by atoms with Crippen LogP contribution in [0.4, 0.5) is 5.82 Å². The summed E-state index contributed by atoms with van der Waals surface area (Å²) in [6, 6.07) is 2.95. The smallest absolute Gasteiger partial charge is 0.339 e. The van der Waals surface area contributed by atoms with Crippen molar-refractivity contribution in [1.29, 1.82) is 0 Å². The molecule has 0 aliphatic rings. The van der Waals surface area contributed by atoms with Gasteiger partial charge in [0.05, 0.1) is 0 Å². The molecule has 1 N–H and O–H groups in total. The van der Waals surface area contributed by atoms with E-state index in [0.29, 0.717) is 11.0 Å². The Kier molecular flexibility index (Phi) is 3.91. The van der Waals surface area contributed by atoms with Crippen molar-refractivity contribution in [1.82, 2.24) is 4.98 Å². The largest absolute Gasteiger partial charge is 0.478 e. The number of anilines is 1. The monoisotopic (exact) mass is 228 g/mol. The van der Waals surface area contributed by atoms with Crippen LogP contribution in [-0.4, -0.2) is 29.7 Å². The van der Waals surface area contributed by atoms with Crippen LogP contribution in [0.3, 0.4) is 0 Å². The van der Waals surface area contributed by atoms with Crippen LogP contribution in [0, 0.1) is 0 Å². The third-order valence-electron chi connectivity index (χ3n) is 1.99. The van der Waals surface area contributed by atoms with E-state index in [0.717, 1.165) is 13.0 Å². The van der Waals surface area contributed by atoms with Crippen LogP contribution in [0.15, 0.2) is 12.1 Å². The lowest BCUT2D eigenvalue weighted by atomic mass is 10.2. The minimum atomic E-state index is -0.989. The summed E-state index contributed by atoms with van der Waals surface area (Å²) in [7, 11) is 1.80. The molecule has 0 bridgehead atoms. The average Bonchev–Trinajstić information content (AvgIpc) is 2.17. The van der Waals surface area contributed by atoms with Gasteiger partial charge in [-0.15, -0.1) is 0 Å². The van der Waals surface area contributed by atoms with Crippen molar-refractivity contribution in [3.63, 3.8) is 0 Å². The minimum absolute atomic E-state index is 0.176. The second kappa shape index (κ2) is 4.98. The van der Waals surface area contributed by atoms with E-state index in [2.05, 4.69) is 4.98 Å². The first-order valence-corrected chi connectivity index (χ1v) is 5.05. The molecular weight excluding hydrogens is 216 g/mol. The maximum absolute atomic E-state index is 10.9. The van der Waals surface area contributed by atoms with Gasteiger partial charge >= 0.3 is 5.97 Å². The third-order valence-corrected chi connectivity index (χ3v) is 2.20. The van der Waals surface area contributed by atoms with Crippen LogP contribution in [-0.2, 0) is 0 Å². The summed E-state index contributed by atoms with van der Waals surface area (Å²) in [5.74, 6) is -0.575. The second-order valence-electron chi connectivity index (χ2n) is 3.23. The fourth-order valence-corrected chi connectivity index (χ4v) is 1.47. The van der Waals surface area contributed by atoms with Crippen LogP contribution in [0.2, 0.25) is 5.15 Å². The van der Waals surface area contributed by atoms with E-state index in [1.165, 1.54) is 12.1 Å². The van der Waals surface area contributed by atoms with E-state index >= 15 is 0 Å². The van der Waals surface area contributed by atoms with Gasteiger partial charge < -0.3 is 10.0 Å². The summed E-state index contributed by atoms with van der Waals surface area (Å²) in [6.07, 6.45) is 0.920. The molecule has 0 saturated carbocycles. The predicted octanol–water partition coefficient (Wildman–Crippen LogP) is 2.28. The normalized spacial score (nSPS) is 10.1. The van der Waals surface area contributed by atoms with Crippen molar-refractivity contribution in [2.45, 2.75) is 13.3 Å². The summed E-state index contributed by atoms with van der Waals surface area (Å²) < 4.78 is 0. The number of halogens is 1. The molecule has 15 heavy (non-hydrogen) atoms. The molecule has 1 aromatic rings. The summed E-state index contributed by atoms with van der Waals surface area (Å²) >= 11 is 5.74. The summed E-state index contributed by atoms with van der Waals surface area (Å²) in [6.45, 7) is 2.76. The minimum Gasteiger partial charge on any atom is -0.478 e. The Labute approximate surface area is 93.5 Å². The maximum Gasteiger partial charge on any atom is 0.339 e. The van der Waals surface area contributed by atoms with Crippen molar-refractivity contribution < 1.29 is 9.90 Å². The molecule has 0 unspecified atom stereocenters. The molecule has 1 aromatic heterocycles. The lowest BCUT2D eigenvalue weighted by Crippen LogP contribution is -2.22. The zero-order chi connectivity index (χ0) is 11.4. The van der Waals surface area contributed by atoms with Crippen LogP contribution in [0.1, 0.15) is 23.7 Å². The number of hydrogen-bond donors (Lipinski definition) is 1. The van der Waals surface area contributed by atoms with Crippen molar-refractivity contribution in [3.05, 3.63) is 22.8 Å². The maximum atomic E-state index is 10.9. The van der Waals surface area contributed by atoms with Crippen molar-refractivity contribution in [2.75, 3.05) is 18.5 Å².